The molecule has 1 N–H and O–H groups in total. The summed E-state index contributed by atoms with van der Waals surface area (Å²) >= 11 is 0. The highest BCUT2D eigenvalue weighted by Gasteiger charge is 2.32. The lowest BCUT2D eigenvalue weighted by Gasteiger charge is -2.15. The van der Waals surface area contributed by atoms with Gasteiger partial charge in [0.15, 0.2) is 0 Å². The minimum atomic E-state index is -4.32. The Kier molecular flexibility index (Phi) is 4.19. The molecule has 1 unspecified atom stereocenters. The molecule has 0 radical (unpaired) electrons. The summed E-state index contributed by atoms with van der Waals surface area (Å²) in [4.78, 5) is 0. The van der Waals surface area contributed by atoms with Gasteiger partial charge in [-0.3, -0.25) is 0 Å². The standard InChI is InChI=1S/C8H14F3NO3S/c9-8(10,11)3-1-5-16(14,15)12-4-2-7(13)6-12/h7,13H,1-6H2. The molecule has 1 atom stereocenters. The van der Waals surface area contributed by atoms with Crippen molar-refractivity contribution in [2.75, 3.05) is 18.8 Å². The number of aliphatic hydroxyl groups is 1. The third kappa shape index (κ3) is 4.26. The Morgan fingerprint density at radius 1 is 1.38 bits per heavy atom. The summed E-state index contributed by atoms with van der Waals surface area (Å²) in [5.41, 5.74) is 0. The first-order chi connectivity index (χ1) is 7.21. The monoisotopic (exact) mass is 261 g/mol. The zero-order chi connectivity index (χ0) is 12.4. The van der Waals surface area contributed by atoms with Crippen LogP contribution in [0, 0.1) is 0 Å². The summed E-state index contributed by atoms with van der Waals surface area (Å²) in [6, 6.07) is 0. The molecule has 0 aliphatic carbocycles. The Morgan fingerprint density at radius 3 is 2.44 bits per heavy atom. The zero-order valence-electron chi connectivity index (χ0n) is 8.57. The first-order valence-electron chi connectivity index (χ1n) is 4.93. The van der Waals surface area contributed by atoms with Crippen molar-refractivity contribution in [2.24, 2.45) is 0 Å². The second-order valence-corrected chi connectivity index (χ2v) is 5.92. The van der Waals surface area contributed by atoms with Gasteiger partial charge in [0.2, 0.25) is 10.0 Å². The van der Waals surface area contributed by atoms with Gasteiger partial charge in [-0.05, 0) is 12.8 Å². The normalized spacial score (nSPS) is 23.9. The van der Waals surface area contributed by atoms with Crippen molar-refractivity contribution in [3.8, 4) is 0 Å². The minimum Gasteiger partial charge on any atom is -0.392 e. The van der Waals surface area contributed by atoms with Crippen LogP contribution in [0.15, 0.2) is 0 Å². The number of hydrogen-bond acceptors (Lipinski definition) is 3. The Balaban J connectivity index is 2.41. The van der Waals surface area contributed by atoms with E-state index in [4.69, 9.17) is 5.11 Å². The summed E-state index contributed by atoms with van der Waals surface area (Å²) < 4.78 is 59.5. The van der Waals surface area contributed by atoms with Gasteiger partial charge in [-0.1, -0.05) is 0 Å². The van der Waals surface area contributed by atoms with Gasteiger partial charge in [-0.15, -0.1) is 0 Å². The number of sulfonamides is 1. The third-order valence-corrected chi connectivity index (χ3v) is 4.31. The van der Waals surface area contributed by atoms with Crippen LogP contribution in [0.25, 0.3) is 0 Å². The molecule has 1 heterocycles. The van der Waals surface area contributed by atoms with E-state index in [0.29, 0.717) is 6.42 Å². The minimum absolute atomic E-state index is 0.00560. The number of hydrogen-bond donors (Lipinski definition) is 1. The van der Waals surface area contributed by atoms with Gasteiger partial charge in [-0.2, -0.15) is 17.5 Å². The van der Waals surface area contributed by atoms with E-state index in [0.717, 1.165) is 4.31 Å². The number of β-amino-alcohol motifs (C(OH)–C–C–N with tert-alkyl or cyclic N) is 1. The molecule has 96 valence electrons. The predicted molar refractivity (Wildman–Crippen MR) is 51.3 cm³/mol. The highest BCUT2D eigenvalue weighted by molar-refractivity contribution is 7.89. The van der Waals surface area contributed by atoms with Crippen LogP contribution in [0.1, 0.15) is 19.3 Å². The summed E-state index contributed by atoms with van der Waals surface area (Å²) in [6.07, 6.45) is -6.20. The van der Waals surface area contributed by atoms with Crippen molar-refractivity contribution in [2.45, 2.75) is 31.5 Å². The van der Waals surface area contributed by atoms with Gasteiger partial charge in [0, 0.05) is 19.5 Å². The third-order valence-electron chi connectivity index (χ3n) is 2.38. The SMILES string of the molecule is O=S(=O)(CCCC(F)(F)F)N1CCC(O)C1. The lowest BCUT2D eigenvalue weighted by molar-refractivity contribution is -0.134. The molecule has 4 nitrogen and oxygen atoms in total. The van der Waals surface area contributed by atoms with Gasteiger partial charge in [0.1, 0.15) is 0 Å². The van der Waals surface area contributed by atoms with Crippen LogP contribution in [0.2, 0.25) is 0 Å². The van der Waals surface area contributed by atoms with E-state index in [-0.39, 0.29) is 13.1 Å². The summed E-state index contributed by atoms with van der Waals surface area (Å²) in [7, 11) is -3.64. The van der Waals surface area contributed by atoms with Crippen molar-refractivity contribution in [3.63, 3.8) is 0 Å². The first kappa shape index (κ1) is 13.7. The number of aliphatic hydroxyl groups excluding tert-OH is 1. The van der Waals surface area contributed by atoms with E-state index in [9.17, 15) is 21.6 Å². The summed E-state index contributed by atoms with van der Waals surface area (Å²) in [5.74, 6) is -0.515. The number of nitrogens with zero attached hydrogens (tertiary/aromatic N) is 1. The molecule has 1 rings (SSSR count). The van der Waals surface area contributed by atoms with Gasteiger partial charge >= 0.3 is 6.18 Å². The van der Waals surface area contributed by atoms with E-state index >= 15 is 0 Å². The molecule has 0 saturated carbocycles. The molecule has 0 amide bonds. The molecule has 0 spiro atoms. The van der Waals surface area contributed by atoms with E-state index < -0.39 is 40.9 Å². The molecule has 8 heteroatoms. The van der Waals surface area contributed by atoms with Crippen LogP contribution in [0.5, 0.6) is 0 Å². The van der Waals surface area contributed by atoms with Crippen LogP contribution in [-0.4, -0.2) is 49.0 Å². The van der Waals surface area contributed by atoms with Crippen LogP contribution in [0.4, 0.5) is 13.2 Å². The highest BCUT2D eigenvalue weighted by Crippen LogP contribution is 2.22. The van der Waals surface area contributed by atoms with E-state index in [1.54, 1.807) is 0 Å². The second-order valence-electron chi connectivity index (χ2n) is 3.84. The lowest BCUT2D eigenvalue weighted by atomic mass is 10.3. The second kappa shape index (κ2) is 4.89. The zero-order valence-corrected chi connectivity index (χ0v) is 9.39. The van der Waals surface area contributed by atoms with Gasteiger partial charge in [0.25, 0.3) is 0 Å². The Morgan fingerprint density at radius 2 is 2.00 bits per heavy atom. The maximum Gasteiger partial charge on any atom is 0.389 e. The molecule has 0 aromatic heterocycles. The first-order valence-corrected chi connectivity index (χ1v) is 6.54. The molecule has 1 aliphatic rings. The number of rotatable bonds is 4. The lowest BCUT2D eigenvalue weighted by Crippen LogP contribution is -2.32. The maximum absolute atomic E-state index is 11.8. The van der Waals surface area contributed by atoms with Crippen molar-refractivity contribution in [1.29, 1.82) is 0 Å². The topological polar surface area (TPSA) is 57.6 Å². The number of halogens is 3. The van der Waals surface area contributed by atoms with Crippen molar-refractivity contribution < 1.29 is 26.7 Å². The summed E-state index contributed by atoms with van der Waals surface area (Å²) in [6.45, 7) is 0.184. The molecule has 1 saturated heterocycles. The molecule has 1 aliphatic heterocycles. The molecule has 1 fully saturated rings. The van der Waals surface area contributed by atoms with Crippen LogP contribution >= 0.6 is 0 Å². The average molecular weight is 261 g/mol. The fraction of sp³-hybridized carbons (Fsp3) is 1.00. The fourth-order valence-corrected chi connectivity index (χ4v) is 3.10. The maximum atomic E-state index is 11.8. The van der Waals surface area contributed by atoms with E-state index in [1.807, 2.05) is 0 Å². The highest BCUT2D eigenvalue weighted by atomic mass is 32.2. The van der Waals surface area contributed by atoms with Gasteiger partial charge in [0.05, 0.1) is 11.9 Å². The fourth-order valence-electron chi connectivity index (χ4n) is 1.55. The molecule has 0 bridgehead atoms. The Labute approximate surface area is 92.1 Å². The molecular formula is C8H14F3NO3S. The Bertz CT molecular complexity index is 328. The van der Waals surface area contributed by atoms with Crippen molar-refractivity contribution in [1.82, 2.24) is 4.31 Å². The Hall–Kier alpha value is -0.340. The van der Waals surface area contributed by atoms with Crippen LogP contribution in [-0.2, 0) is 10.0 Å². The summed E-state index contributed by atoms with van der Waals surface area (Å²) in [5, 5.41) is 9.13. The largest absolute Gasteiger partial charge is 0.392 e. The van der Waals surface area contributed by atoms with E-state index in [2.05, 4.69) is 0 Å². The molecule has 0 aromatic rings. The van der Waals surface area contributed by atoms with Crippen LogP contribution < -0.4 is 0 Å². The number of alkyl halides is 3. The predicted octanol–water partition coefficient (Wildman–Crippen LogP) is 0.725. The van der Waals surface area contributed by atoms with Gasteiger partial charge < -0.3 is 5.11 Å². The quantitative estimate of drug-likeness (QED) is 0.811. The van der Waals surface area contributed by atoms with Crippen LogP contribution in [0.3, 0.4) is 0 Å². The molecule has 0 aromatic carbocycles. The van der Waals surface area contributed by atoms with Crippen molar-refractivity contribution >= 4 is 10.0 Å². The average Bonchev–Trinajstić information content (AvgIpc) is 2.49. The van der Waals surface area contributed by atoms with E-state index in [1.165, 1.54) is 0 Å². The smallest absolute Gasteiger partial charge is 0.389 e. The molecular weight excluding hydrogens is 247 g/mol. The molecule has 16 heavy (non-hydrogen) atoms. The van der Waals surface area contributed by atoms with Gasteiger partial charge in [-0.25, -0.2) is 8.42 Å². The van der Waals surface area contributed by atoms with Crippen molar-refractivity contribution in [3.05, 3.63) is 0 Å².